The molecule has 3 N–H and O–H groups in total. The van der Waals surface area contributed by atoms with Crippen LogP contribution in [0.25, 0.3) is 5.65 Å². The fraction of sp³-hybridized carbons (Fsp3) is 0.462. The lowest BCUT2D eigenvalue weighted by Crippen LogP contribution is -2.48. The number of nitrogens with two attached hydrogens (primary N) is 1. The van der Waals surface area contributed by atoms with Crippen molar-refractivity contribution < 1.29 is 8.42 Å². The monoisotopic (exact) mass is 311 g/mol. The number of hydrogen-bond donors (Lipinski definition) is 2. The van der Waals surface area contributed by atoms with Crippen LogP contribution in [-0.2, 0) is 10.0 Å². The first-order valence-corrected chi connectivity index (χ1v) is 8.03. The Morgan fingerprint density at radius 3 is 2.67 bits per heavy atom. The summed E-state index contributed by atoms with van der Waals surface area (Å²) in [6.45, 7) is 4.17. The summed E-state index contributed by atoms with van der Waals surface area (Å²) in [7, 11) is 0.0572. The molecule has 2 heterocycles. The van der Waals surface area contributed by atoms with Crippen LogP contribution in [0.3, 0.4) is 0 Å². The summed E-state index contributed by atoms with van der Waals surface area (Å²) in [6, 6.07) is 5.22. The van der Waals surface area contributed by atoms with Gasteiger partial charge >= 0.3 is 0 Å². The van der Waals surface area contributed by atoms with Crippen LogP contribution in [0.2, 0.25) is 0 Å². The van der Waals surface area contributed by atoms with Crippen molar-refractivity contribution >= 4 is 21.5 Å². The van der Waals surface area contributed by atoms with Gasteiger partial charge in [-0.15, -0.1) is 0 Å². The zero-order valence-electron chi connectivity index (χ0n) is 12.7. The number of likely N-dealkylation sites (N-methyl/N-ethyl adjacent to an activating group) is 1. The Hall–Kier alpha value is -1.64. The maximum absolute atomic E-state index is 12.5. The third-order valence-corrected chi connectivity index (χ3v) is 5.11. The van der Waals surface area contributed by atoms with E-state index in [0.717, 1.165) is 0 Å². The molecule has 21 heavy (non-hydrogen) atoms. The predicted molar refractivity (Wildman–Crippen MR) is 82.6 cm³/mol. The molecule has 0 aliphatic rings. The van der Waals surface area contributed by atoms with Gasteiger partial charge in [0.15, 0.2) is 10.8 Å². The first-order chi connectivity index (χ1) is 9.65. The third kappa shape index (κ3) is 3.02. The van der Waals surface area contributed by atoms with Gasteiger partial charge in [0, 0.05) is 18.3 Å². The summed E-state index contributed by atoms with van der Waals surface area (Å²) < 4.78 is 29.1. The first kappa shape index (κ1) is 15.7. The molecule has 2 rings (SSSR count). The van der Waals surface area contributed by atoms with Gasteiger partial charge in [-0.25, -0.2) is 18.1 Å². The van der Waals surface area contributed by atoms with Crippen LogP contribution >= 0.6 is 0 Å². The molecule has 2 aromatic rings. The van der Waals surface area contributed by atoms with Gasteiger partial charge in [0.05, 0.1) is 0 Å². The van der Waals surface area contributed by atoms with Gasteiger partial charge in [-0.3, -0.25) is 4.40 Å². The second-order valence-electron chi connectivity index (χ2n) is 5.76. The summed E-state index contributed by atoms with van der Waals surface area (Å²) in [5, 5.41) is -0.0207. The van der Waals surface area contributed by atoms with Crippen LogP contribution in [0.1, 0.15) is 13.8 Å². The SMILES string of the molecule is CN(C)C(C)(C)CNS(=O)(=O)c1c(N)nc2ccccn12. The fourth-order valence-corrected chi connectivity index (χ4v) is 3.17. The largest absolute Gasteiger partial charge is 0.381 e. The number of rotatable bonds is 5. The standard InChI is InChI=1S/C13H21N5O2S/c1-13(2,17(3)4)9-15-21(19,20)12-11(14)16-10-7-5-6-8-18(10)12/h5-8,15H,9,14H2,1-4H3. The summed E-state index contributed by atoms with van der Waals surface area (Å²) in [6.07, 6.45) is 1.63. The first-order valence-electron chi connectivity index (χ1n) is 6.55. The van der Waals surface area contributed by atoms with Crippen LogP contribution in [0.15, 0.2) is 29.4 Å². The van der Waals surface area contributed by atoms with Gasteiger partial charge in [-0.05, 0) is 40.1 Å². The molecule has 2 aromatic heterocycles. The molecule has 0 bridgehead atoms. The molecular formula is C13H21N5O2S. The highest BCUT2D eigenvalue weighted by Crippen LogP contribution is 2.20. The fourth-order valence-electron chi connectivity index (χ4n) is 1.76. The normalized spacial score (nSPS) is 13.2. The predicted octanol–water partition coefficient (Wildman–Crippen LogP) is 0.535. The summed E-state index contributed by atoms with van der Waals surface area (Å²) in [5.41, 5.74) is 5.96. The maximum atomic E-state index is 12.5. The average Bonchev–Trinajstić information content (AvgIpc) is 2.73. The van der Waals surface area contributed by atoms with Crippen molar-refractivity contribution in [3.8, 4) is 0 Å². The molecule has 0 unspecified atom stereocenters. The van der Waals surface area contributed by atoms with Crippen molar-refractivity contribution in [3.05, 3.63) is 24.4 Å². The zero-order valence-corrected chi connectivity index (χ0v) is 13.5. The molecule has 0 aromatic carbocycles. The highest BCUT2D eigenvalue weighted by atomic mass is 32.2. The van der Waals surface area contributed by atoms with E-state index in [4.69, 9.17) is 5.73 Å². The number of nitrogens with zero attached hydrogens (tertiary/aromatic N) is 3. The van der Waals surface area contributed by atoms with Gasteiger partial charge < -0.3 is 10.6 Å². The van der Waals surface area contributed by atoms with E-state index < -0.39 is 10.0 Å². The number of fused-ring (bicyclic) bond motifs is 1. The number of imidazole rings is 1. The number of sulfonamides is 1. The second-order valence-corrected chi connectivity index (χ2v) is 7.44. The molecule has 7 nitrogen and oxygen atoms in total. The highest BCUT2D eigenvalue weighted by molar-refractivity contribution is 7.89. The Morgan fingerprint density at radius 2 is 2.05 bits per heavy atom. The molecule has 0 aliphatic heterocycles. The minimum absolute atomic E-state index is 0.00337. The molecule has 0 saturated heterocycles. The Morgan fingerprint density at radius 1 is 1.38 bits per heavy atom. The van der Waals surface area contributed by atoms with Crippen molar-refractivity contribution in [2.24, 2.45) is 0 Å². The Labute approximate surface area is 124 Å². The summed E-state index contributed by atoms with van der Waals surface area (Å²) >= 11 is 0. The lowest BCUT2D eigenvalue weighted by molar-refractivity contribution is 0.199. The average molecular weight is 311 g/mol. The van der Waals surface area contributed by atoms with Crippen LogP contribution in [-0.4, -0.2) is 48.9 Å². The molecule has 116 valence electrons. The smallest absolute Gasteiger partial charge is 0.260 e. The minimum Gasteiger partial charge on any atom is -0.381 e. The Bertz CT molecular complexity index is 749. The lowest BCUT2D eigenvalue weighted by atomic mass is 10.1. The molecule has 0 atom stereocenters. The molecule has 0 aliphatic carbocycles. The van der Waals surface area contributed by atoms with Gasteiger partial charge in [-0.2, -0.15) is 0 Å². The number of nitrogens with one attached hydrogen (secondary N) is 1. The lowest BCUT2D eigenvalue weighted by Gasteiger charge is -2.32. The van der Waals surface area contributed by atoms with E-state index in [9.17, 15) is 8.42 Å². The van der Waals surface area contributed by atoms with Crippen molar-refractivity contribution in [3.63, 3.8) is 0 Å². The minimum atomic E-state index is -3.74. The van der Waals surface area contributed by atoms with Gasteiger partial charge in [0.2, 0.25) is 0 Å². The van der Waals surface area contributed by atoms with Crippen LogP contribution < -0.4 is 10.5 Å². The van der Waals surface area contributed by atoms with E-state index in [1.165, 1.54) is 4.40 Å². The molecule has 0 fully saturated rings. The van der Waals surface area contributed by atoms with E-state index in [0.29, 0.717) is 5.65 Å². The Kier molecular flexibility index (Phi) is 3.96. The number of pyridine rings is 1. The number of aromatic nitrogens is 2. The third-order valence-electron chi connectivity index (χ3n) is 3.67. The maximum Gasteiger partial charge on any atom is 0.260 e. The van der Waals surface area contributed by atoms with Crippen molar-refractivity contribution in [1.29, 1.82) is 0 Å². The van der Waals surface area contributed by atoms with Crippen molar-refractivity contribution in [2.75, 3.05) is 26.4 Å². The van der Waals surface area contributed by atoms with Crippen LogP contribution in [0.4, 0.5) is 5.82 Å². The van der Waals surface area contributed by atoms with Gasteiger partial charge in [0.25, 0.3) is 10.0 Å². The quantitative estimate of drug-likeness (QED) is 0.840. The zero-order chi connectivity index (χ0) is 15.8. The van der Waals surface area contributed by atoms with Gasteiger partial charge in [0.1, 0.15) is 5.65 Å². The molecule has 0 amide bonds. The van der Waals surface area contributed by atoms with Crippen LogP contribution in [0, 0.1) is 0 Å². The van der Waals surface area contributed by atoms with E-state index >= 15 is 0 Å². The van der Waals surface area contributed by atoms with Crippen LogP contribution in [0.5, 0.6) is 0 Å². The van der Waals surface area contributed by atoms with Crippen molar-refractivity contribution in [2.45, 2.75) is 24.4 Å². The molecule has 0 saturated carbocycles. The number of hydrogen-bond acceptors (Lipinski definition) is 5. The molecule has 8 heteroatoms. The molecule has 0 spiro atoms. The number of anilines is 1. The number of nitrogen functional groups attached to an aromatic ring is 1. The van der Waals surface area contributed by atoms with E-state index in [1.807, 2.05) is 32.8 Å². The van der Waals surface area contributed by atoms with E-state index in [2.05, 4.69) is 9.71 Å². The molecular weight excluding hydrogens is 290 g/mol. The topological polar surface area (TPSA) is 92.7 Å². The summed E-state index contributed by atoms with van der Waals surface area (Å²) in [4.78, 5) is 6.02. The summed E-state index contributed by atoms with van der Waals surface area (Å²) in [5.74, 6) is -0.00337. The van der Waals surface area contributed by atoms with Crippen molar-refractivity contribution in [1.82, 2.24) is 19.0 Å². The van der Waals surface area contributed by atoms with E-state index in [-0.39, 0.29) is 22.9 Å². The second kappa shape index (κ2) is 5.28. The van der Waals surface area contributed by atoms with E-state index in [1.54, 1.807) is 24.4 Å². The Balaban J connectivity index is 2.37. The molecule has 0 radical (unpaired) electrons. The van der Waals surface area contributed by atoms with Gasteiger partial charge in [-0.1, -0.05) is 6.07 Å². The highest BCUT2D eigenvalue weighted by Gasteiger charge is 2.28.